The molecular weight excluding hydrogens is 272 g/mol. The number of nitrogens with zero attached hydrogens (tertiary/aromatic N) is 2. The number of nitrogens with one attached hydrogen (secondary N) is 1. The third-order valence-corrected chi connectivity index (χ3v) is 4.12. The second-order valence-electron chi connectivity index (χ2n) is 5.92. The number of nitrogens with two attached hydrogens (primary N) is 1. The molecule has 116 valence electrons. The molecule has 0 aromatic rings. The first kappa shape index (κ1) is 17.3. The molecule has 0 aliphatic carbocycles. The lowest BCUT2D eigenvalue weighted by Gasteiger charge is -2.37. The van der Waals surface area contributed by atoms with E-state index < -0.39 is 0 Å². The van der Waals surface area contributed by atoms with Crippen LogP contribution < -0.4 is 11.1 Å². The van der Waals surface area contributed by atoms with Gasteiger partial charge >= 0.3 is 0 Å². The summed E-state index contributed by atoms with van der Waals surface area (Å²) in [4.78, 5) is 16.8. The van der Waals surface area contributed by atoms with Crippen molar-refractivity contribution in [2.75, 3.05) is 39.3 Å². The molecule has 3 N–H and O–H groups in total. The number of amides is 1. The Balaban J connectivity index is 2.22. The molecule has 0 saturated carbocycles. The van der Waals surface area contributed by atoms with Crippen LogP contribution in [-0.2, 0) is 4.79 Å². The highest BCUT2D eigenvalue weighted by molar-refractivity contribution is 7.80. The van der Waals surface area contributed by atoms with Gasteiger partial charge in [0.2, 0.25) is 5.91 Å². The zero-order chi connectivity index (χ0) is 15.1. The largest absolute Gasteiger partial charge is 0.392 e. The number of hydrogen-bond donors (Lipinski definition) is 2. The van der Waals surface area contributed by atoms with Gasteiger partial charge in [0.25, 0.3) is 0 Å². The van der Waals surface area contributed by atoms with Crippen LogP contribution in [0.2, 0.25) is 0 Å². The van der Waals surface area contributed by atoms with Crippen LogP contribution in [0.1, 0.15) is 27.2 Å². The van der Waals surface area contributed by atoms with Crippen LogP contribution in [0.4, 0.5) is 0 Å². The molecule has 0 aromatic heterocycles. The van der Waals surface area contributed by atoms with Crippen molar-refractivity contribution in [2.45, 2.75) is 33.2 Å². The molecule has 0 aromatic carbocycles. The summed E-state index contributed by atoms with van der Waals surface area (Å²) in [6, 6.07) is 0.145. The third kappa shape index (κ3) is 6.15. The van der Waals surface area contributed by atoms with E-state index in [9.17, 15) is 4.79 Å². The third-order valence-electron chi connectivity index (χ3n) is 3.78. The second kappa shape index (κ2) is 8.54. The summed E-state index contributed by atoms with van der Waals surface area (Å²) in [5.74, 6) is 0.752. The predicted molar refractivity (Wildman–Crippen MR) is 86.7 cm³/mol. The van der Waals surface area contributed by atoms with Gasteiger partial charge in [-0.3, -0.25) is 14.6 Å². The number of carbonyl (C=O) groups is 1. The van der Waals surface area contributed by atoms with Crippen LogP contribution in [0.3, 0.4) is 0 Å². The fourth-order valence-corrected chi connectivity index (χ4v) is 2.40. The SMILES string of the molecule is CC(C)CCNC(=O)CN1CCN(C(C)C(N)=S)CC1. The second-order valence-corrected chi connectivity index (χ2v) is 6.39. The topological polar surface area (TPSA) is 61.6 Å². The quantitative estimate of drug-likeness (QED) is 0.668. The first-order valence-corrected chi connectivity index (χ1v) is 7.83. The monoisotopic (exact) mass is 300 g/mol. The normalized spacial score (nSPS) is 19.0. The van der Waals surface area contributed by atoms with Crippen LogP contribution in [-0.4, -0.2) is 66.0 Å². The molecule has 1 aliphatic heterocycles. The lowest BCUT2D eigenvalue weighted by molar-refractivity contribution is -0.122. The fourth-order valence-electron chi connectivity index (χ4n) is 2.25. The first-order chi connectivity index (χ1) is 9.40. The van der Waals surface area contributed by atoms with Crippen molar-refractivity contribution < 1.29 is 4.79 Å². The lowest BCUT2D eigenvalue weighted by atomic mass is 10.1. The highest BCUT2D eigenvalue weighted by atomic mass is 32.1. The summed E-state index contributed by atoms with van der Waals surface area (Å²) in [5.41, 5.74) is 5.67. The molecule has 6 heteroatoms. The van der Waals surface area contributed by atoms with E-state index >= 15 is 0 Å². The summed E-state index contributed by atoms with van der Waals surface area (Å²) in [7, 11) is 0. The number of thiocarbonyl (C=S) groups is 1. The van der Waals surface area contributed by atoms with Crippen molar-refractivity contribution in [3.63, 3.8) is 0 Å². The Kier molecular flexibility index (Phi) is 7.40. The van der Waals surface area contributed by atoms with Gasteiger partial charge in [0.1, 0.15) is 0 Å². The Labute approximate surface area is 127 Å². The molecule has 1 heterocycles. The molecule has 1 saturated heterocycles. The fraction of sp³-hybridized carbons (Fsp3) is 0.857. The van der Waals surface area contributed by atoms with Crippen molar-refractivity contribution >= 4 is 23.1 Å². The molecule has 1 unspecified atom stereocenters. The summed E-state index contributed by atoms with van der Waals surface area (Å²) < 4.78 is 0. The average Bonchev–Trinajstić information content (AvgIpc) is 2.38. The summed E-state index contributed by atoms with van der Waals surface area (Å²) in [6.45, 7) is 11.2. The van der Waals surface area contributed by atoms with Gasteiger partial charge in [-0.15, -0.1) is 0 Å². The molecule has 1 rings (SSSR count). The minimum Gasteiger partial charge on any atom is -0.392 e. The van der Waals surface area contributed by atoms with Crippen molar-refractivity contribution in [2.24, 2.45) is 11.7 Å². The minimum atomic E-state index is 0.126. The Hall–Kier alpha value is -0.720. The standard InChI is InChI=1S/C14H28N4OS/c1-11(2)4-5-16-13(19)10-17-6-8-18(9-7-17)12(3)14(15)20/h11-12H,4-10H2,1-3H3,(H2,15,20)(H,16,19). The molecule has 0 bridgehead atoms. The summed E-state index contributed by atoms with van der Waals surface area (Å²) in [6.07, 6.45) is 1.03. The van der Waals surface area contributed by atoms with Crippen molar-refractivity contribution in [1.29, 1.82) is 0 Å². The van der Waals surface area contributed by atoms with Crippen LogP contribution >= 0.6 is 12.2 Å². The van der Waals surface area contributed by atoms with E-state index in [0.717, 1.165) is 39.1 Å². The van der Waals surface area contributed by atoms with Gasteiger partial charge in [-0.25, -0.2) is 0 Å². The minimum absolute atomic E-state index is 0.126. The van der Waals surface area contributed by atoms with Gasteiger partial charge in [-0.1, -0.05) is 26.1 Å². The van der Waals surface area contributed by atoms with E-state index in [0.29, 0.717) is 17.5 Å². The van der Waals surface area contributed by atoms with Crippen LogP contribution in [0.25, 0.3) is 0 Å². The molecule has 0 spiro atoms. The zero-order valence-corrected chi connectivity index (χ0v) is 13.7. The number of carbonyl (C=O) groups excluding carboxylic acids is 1. The number of rotatable bonds is 7. The molecule has 20 heavy (non-hydrogen) atoms. The molecule has 0 radical (unpaired) electrons. The van der Waals surface area contributed by atoms with E-state index in [4.69, 9.17) is 18.0 Å². The van der Waals surface area contributed by atoms with Crippen LogP contribution in [0.5, 0.6) is 0 Å². The van der Waals surface area contributed by atoms with Gasteiger partial charge in [0.15, 0.2) is 0 Å². The summed E-state index contributed by atoms with van der Waals surface area (Å²) in [5, 5.41) is 2.98. The Morgan fingerprint density at radius 2 is 1.85 bits per heavy atom. The Bertz CT molecular complexity index is 327. The predicted octanol–water partition coefficient (Wildman–Crippen LogP) is 0.441. The Morgan fingerprint density at radius 1 is 1.25 bits per heavy atom. The van der Waals surface area contributed by atoms with Crippen molar-refractivity contribution in [3.8, 4) is 0 Å². The average molecular weight is 300 g/mol. The summed E-state index contributed by atoms with van der Waals surface area (Å²) >= 11 is 5.03. The maximum absolute atomic E-state index is 11.8. The molecular formula is C14H28N4OS. The maximum atomic E-state index is 11.8. The van der Waals surface area contributed by atoms with E-state index in [-0.39, 0.29) is 11.9 Å². The van der Waals surface area contributed by atoms with E-state index in [2.05, 4.69) is 29.0 Å². The molecule has 1 atom stereocenters. The van der Waals surface area contributed by atoms with Crippen LogP contribution in [0.15, 0.2) is 0 Å². The van der Waals surface area contributed by atoms with Gasteiger partial charge in [-0.05, 0) is 19.3 Å². The van der Waals surface area contributed by atoms with Gasteiger partial charge < -0.3 is 11.1 Å². The molecule has 1 amide bonds. The zero-order valence-electron chi connectivity index (χ0n) is 12.9. The highest BCUT2D eigenvalue weighted by Crippen LogP contribution is 2.06. The van der Waals surface area contributed by atoms with E-state index in [1.54, 1.807) is 0 Å². The van der Waals surface area contributed by atoms with Gasteiger partial charge in [0, 0.05) is 32.7 Å². The molecule has 1 aliphatic rings. The van der Waals surface area contributed by atoms with E-state index in [1.165, 1.54) is 0 Å². The molecule has 1 fully saturated rings. The van der Waals surface area contributed by atoms with Crippen LogP contribution in [0, 0.1) is 5.92 Å². The van der Waals surface area contributed by atoms with Crippen molar-refractivity contribution in [3.05, 3.63) is 0 Å². The Morgan fingerprint density at radius 3 is 2.35 bits per heavy atom. The first-order valence-electron chi connectivity index (χ1n) is 7.42. The smallest absolute Gasteiger partial charge is 0.234 e. The maximum Gasteiger partial charge on any atom is 0.234 e. The molecule has 5 nitrogen and oxygen atoms in total. The number of piperazine rings is 1. The van der Waals surface area contributed by atoms with Gasteiger partial charge in [-0.2, -0.15) is 0 Å². The van der Waals surface area contributed by atoms with Gasteiger partial charge in [0.05, 0.1) is 17.6 Å². The highest BCUT2D eigenvalue weighted by Gasteiger charge is 2.23. The van der Waals surface area contributed by atoms with Crippen molar-refractivity contribution in [1.82, 2.24) is 15.1 Å². The lowest BCUT2D eigenvalue weighted by Crippen LogP contribution is -2.54. The number of hydrogen-bond acceptors (Lipinski definition) is 4. The van der Waals surface area contributed by atoms with E-state index in [1.807, 2.05) is 6.92 Å².